The SMILES string of the molecule is COc1ccc(COc2ccc3c(c2)CCc2c-3nc(N)nc2N2CCN(CCOCC3CNC3)CC2)cc1. The van der Waals surface area contributed by atoms with Gasteiger partial charge < -0.3 is 30.2 Å². The number of nitrogens with one attached hydrogen (secondary N) is 1. The van der Waals surface area contributed by atoms with Crippen molar-refractivity contribution in [2.24, 2.45) is 5.92 Å². The summed E-state index contributed by atoms with van der Waals surface area (Å²) >= 11 is 0. The molecule has 0 atom stereocenters. The van der Waals surface area contributed by atoms with E-state index in [1.165, 1.54) is 11.1 Å². The van der Waals surface area contributed by atoms with Crippen LogP contribution in [0.25, 0.3) is 11.3 Å². The van der Waals surface area contributed by atoms with Gasteiger partial charge in [-0.1, -0.05) is 12.1 Å². The molecule has 0 amide bonds. The molecule has 0 radical (unpaired) electrons. The van der Waals surface area contributed by atoms with Crippen LogP contribution in [0.4, 0.5) is 11.8 Å². The first-order valence-corrected chi connectivity index (χ1v) is 14.0. The van der Waals surface area contributed by atoms with Crippen molar-refractivity contribution in [1.29, 1.82) is 0 Å². The summed E-state index contributed by atoms with van der Waals surface area (Å²) in [7, 11) is 1.67. The van der Waals surface area contributed by atoms with Crippen molar-refractivity contribution in [3.05, 3.63) is 59.2 Å². The first-order chi connectivity index (χ1) is 19.2. The van der Waals surface area contributed by atoms with Gasteiger partial charge in [0.05, 0.1) is 26.0 Å². The minimum absolute atomic E-state index is 0.331. The van der Waals surface area contributed by atoms with Crippen LogP contribution < -0.4 is 25.4 Å². The molecule has 0 bridgehead atoms. The topological polar surface area (TPSA) is 98.0 Å². The molecule has 9 nitrogen and oxygen atoms in total. The van der Waals surface area contributed by atoms with Crippen molar-refractivity contribution in [3.8, 4) is 22.8 Å². The Hall–Kier alpha value is -3.40. The minimum atomic E-state index is 0.331. The maximum atomic E-state index is 6.24. The first-order valence-electron chi connectivity index (χ1n) is 14.0. The fourth-order valence-corrected chi connectivity index (χ4v) is 5.54. The maximum absolute atomic E-state index is 6.24. The third kappa shape index (κ3) is 5.95. The highest BCUT2D eigenvalue weighted by Gasteiger charge is 2.27. The van der Waals surface area contributed by atoms with Crippen molar-refractivity contribution in [1.82, 2.24) is 20.2 Å². The molecule has 3 N–H and O–H groups in total. The van der Waals surface area contributed by atoms with Crippen LogP contribution in [-0.4, -0.2) is 81.0 Å². The lowest BCUT2D eigenvalue weighted by Gasteiger charge is -2.37. The fourth-order valence-electron chi connectivity index (χ4n) is 5.54. The van der Waals surface area contributed by atoms with Crippen LogP contribution >= 0.6 is 0 Å². The van der Waals surface area contributed by atoms with Gasteiger partial charge in [0, 0.05) is 62.9 Å². The van der Waals surface area contributed by atoms with Crippen molar-refractivity contribution >= 4 is 11.8 Å². The van der Waals surface area contributed by atoms with E-state index in [9.17, 15) is 0 Å². The molecule has 3 aromatic rings. The van der Waals surface area contributed by atoms with Crippen molar-refractivity contribution in [3.63, 3.8) is 0 Å². The molecule has 2 saturated heterocycles. The van der Waals surface area contributed by atoms with Gasteiger partial charge in [0.2, 0.25) is 5.95 Å². The molecular weight excluding hydrogens is 492 g/mol. The number of ether oxygens (including phenoxy) is 3. The molecule has 2 aliphatic heterocycles. The van der Waals surface area contributed by atoms with E-state index in [1.807, 2.05) is 30.3 Å². The number of nitrogen functional groups attached to an aromatic ring is 1. The van der Waals surface area contributed by atoms with E-state index in [2.05, 4.69) is 27.2 Å². The number of methoxy groups -OCH3 is 1. The first kappa shape index (κ1) is 25.9. The van der Waals surface area contributed by atoms with Gasteiger partial charge >= 0.3 is 0 Å². The lowest BCUT2D eigenvalue weighted by Crippen LogP contribution is -2.48. The molecule has 2 aromatic carbocycles. The van der Waals surface area contributed by atoms with Gasteiger partial charge in [0.1, 0.15) is 23.9 Å². The Morgan fingerprint density at radius 3 is 2.51 bits per heavy atom. The molecule has 1 aromatic heterocycles. The molecule has 39 heavy (non-hydrogen) atoms. The number of piperazine rings is 1. The molecule has 2 fully saturated rings. The van der Waals surface area contributed by atoms with Crippen LogP contribution in [0.2, 0.25) is 0 Å². The molecule has 0 unspecified atom stereocenters. The number of rotatable bonds is 10. The van der Waals surface area contributed by atoms with E-state index in [-0.39, 0.29) is 0 Å². The van der Waals surface area contributed by atoms with Crippen molar-refractivity contribution < 1.29 is 14.2 Å². The largest absolute Gasteiger partial charge is 0.497 e. The van der Waals surface area contributed by atoms with Crippen LogP contribution in [0.5, 0.6) is 11.5 Å². The molecule has 3 heterocycles. The third-order valence-electron chi connectivity index (χ3n) is 7.99. The predicted octanol–water partition coefficient (Wildman–Crippen LogP) is 2.77. The zero-order chi connectivity index (χ0) is 26.6. The second-order valence-electron chi connectivity index (χ2n) is 10.6. The minimum Gasteiger partial charge on any atom is -0.497 e. The van der Waals surface area contributed by atoms with Gasteiger partial charge in [-0.05, 0) is 54.3 Å². The Labute approximate surface area is 230 Å². The Morgan fingerprint density at radius 2 is 1.77 bits per heavy atom. The van der Waals surface area contributed by atoms with Crippen LogP contribution in [0.15, 0.2) is 42.5 Å². The van der Waals surface area contributed by atoms with Crippen molar-refractivity contribution in [2.75, 3.05) is 76.8 Å². The number of benzene rings is 2. The molecule has 3 aliphatic rings. The Kier molecular flexibility index (Phi) is 7.81. The summed E-state index contributed by atoms with van der Waals surface area (Å²) in [5, 5.41) is 3.29. The summed E-state index contributed by atoms with van der Waals surface area (Å²) in [6, 6.07) is 14.2. The van der Waals surface area contributed by atoms with E-state index in [1.54, 1.807) is 7.11 Å². The number of anilines is 2. The molecule has 6 rings (SSSR count). The third-order valence-corrected chi connectivity index (χ3v) is 7.99. The summed E-state index contributed by atoms with van der Waals surface area (Å²) in [6.45, 7) is 9.21. The molecule has 0 spiro atoms. The van der Waals surface area contributed by atoms with E-state index in [4.69, 9.17) is 29.9 Å². The van der Waals surface area contributed by atoms with Crippen LogP contribution in [0, 0.1) is 5.92 Å². The van der Waals surface area contributed by atoms with Crippen molar-refractivity contribution in [2.45, 2.75) is 19.4 Å². The predicted molar refractivity (Wildman–Crippen MR) is 152 cm³/mol. The molecular formula is C30H38N6O3. The highest BCUT2D eigenvalue weighted by molar-refractivity contribution is 5.76. The molecule has 206 valence electrons. The summed E-state index contributed by atoms with van der Waals surface area (Å²) in [5.74, 6) is 3.73. The van der Waals surface area contributed by atoms with Gasteiger partial charge in [0.15, 0.2) is 0 Å². The van der Waals surface area contributed by atoms with Crippen LogP contribution in [0.1, 0.15) is 16.7 Å². The van der Waals surface area contributed by atoms with E-state index in [0.29, 0.717) is 18.5 Å². The van der Waals surface area contributed by atoms with Gasteiger partial charge in [-0.3, -0.25) is 4.90 Å². The number of nitrogens with zero attached hydrogens (tertiary/aromatic N) is 4. The summed E-state index contributed by atoms with van der Waals surface area (Å²) in [4.78, 5) is 14.3. The second kappa shape index (κ2) is 11.8. The summed E-state index contributed by atoms with van der Waals surface area (Å²) < 4.78 is 17.2. The monoisotopic (exact) mass is 530 g/mol. The van der Waals surface area contributed by atoms with Gasteiger partial charge in [0.25, 0.3) is 0 Å². The average molecular weight is 531 g/mol. The second-order valence-corrected chi connectivity index (χ2v) is 10.6. The van der Waals surface area contributed by atoms with E-state index < -0.39 is 0 Å². The lowest BCUT2D eigenvalue weighted by molar-refractivity contribution is 0.0616. The number of aromatic nitrogens is 2. The number of hydrogen-bond donors (Lipinski definition) is 2. The zero-order valence-electron chi connectivity index (χ0n) is 22.7. The zero-order valence-corrected chi connectivity index (χ0v) is 22.7. The maximum Gasteiger partial charge on any atom is 0.222 e. The molecule has 0 saturated carbocycles. The average Bonchev–Trinajstić information content (AvgIpc) is 2.95. The normalized spacial score (nSPS) is 17.3. The standard InChI is InChI=1S/C30H38N6O3/c1-37-24-5-2-21(3-6-24)20-39-25-7-9-26-23(16-25)4-8-27-28(26)33-30(31)34-29(27)36-12-10-35(11-13-36)14-15-38-19-22-17-32-18-22/h2-3,5-7,9,16,22,32H,4,8,10-15,17-20H2,1H3,(H2,31,33,34). The van der Waals surface area contributed by atoms with E-state index >= 15 is 0 Å². The smallest absolute Gasteiger partial charge is 0.222 e. The molecule has 9 heteroatoms. The van der Waals surface area contributed by atoms with Gasteiger partial charge in [-0.25, -0.2) is 4.98 Å². The number of nitrogens with two attached hydrogens (primary N) is 1. The fraction of sp³-hybridized carbons (Fsp3) is 0.467. The summed E-state index contributed by atoms with van der Waals surface area (Å²) in [6.07, 6.45) is 1.82. The quantitative estimate of drug-likeness (QED) is 0.384. The highest BCUT2D eigenvalue weighted by Crippen LogP contribution is 2.38. The number of fused-ring (bicyclic) bond motifs is 3. The Balaban J connectivity index is 1.09. The Morgan fingerprint density at radius 1 is 0.974 bits per heavy atom. The van der Waals surface area contributed by atoms with Crippen LogP contribution in [-0.2, 0) is 24.2 Å². The lowest BCUT2D eigenvalue weighted by atomic mass is 9.88. The van der Waals surface area contributed by atoms with Crippen LogP contribution in [0.3, 0.4) is 0 Å². The molecule has 1 aliphatic carbocycles. The number of aryl methyl sites for hydroxylation is 1. The van der Waals surface area contributed by atoms with E-state index in [0.717, 1.165) is 106 Å². The van der Waals surface area contributed by atoms with Gasteiger partial charge in [-0.2, -0.15) is 4.98 Å². The Bertz CT molecular complexity index is 1270. The summed E-state index contributed by atoms with van der Waals surface area (Å²) in [5.41, 5.74) is 11.9. The van der Waals surface area contributed by atoms with Gasteiger partial charge in [-0.15, -0.1) is 0 Å². The number of hydrogen-bond acceptors (Lipinski definition) is 9. The highest BCUT2D eigenvalue weighted by atomic mass is 16.5.